The summed E-state index contributed by atoms with van der Waals surface area (Å²) in [7, 11) is 2.11. The monoisotopic (exact) mass is 334 g/mol. The molecule has 4 nitrogen and oxygen atoms in total. The van der Waals surface area contributed by atoms with E-state index < -0.39 is 0 Å². The molecule has 1 aromatic heterocycles. The van der Waals surface area contributed by atoms with E-state index in [-0.39, 0.29) is 6.17 Å². The van der Waals surface area contributed by atoms with Gasteiger partial charge in [-0.05, 0) is 43.5 Å². The molecule has 0 amide bonds. The molecule has 2 aliphatic heterocycles. The van der Waals surface area contributed by atoms with Crippen LogP contribution in [0.2, 0.25) is 0 Å². The Hall–Kier alpha value is -2.33. The maximum absolute atomic E-state index is 4.98. The number of benzene rings is 1. The molecule has 0 spiro atoms. The van der Waals surface area contributed by atoms with Crippen LogP contribution in [0.1, 0.15) is 34.2 Å². The molecular formula is C21H26N4. The number of nitrogens with zero attached hydrogens (tertiary/aromatic N) is 4. The van der Waals surface area contributed by atoms with E-state index in [0.717, 1.165) is 26.1 Å². The molecule has 0 saturated carbocycles. The Balaban J connectivity index is 1.53. The van der Waals surface area contributed by atoms with Gasteiger partial charge < -0.3 is 4.90 Å². The SMILES string of the molecule is Cc1ccc(CN2CCc3c(nn(C4C=CC=CN4C)c3C)C2)cc1. The number of likely N-dealkylation sites (N-methyl/N-ethyl adjacent to an activating group) is 1. The zero-order valence-corrected chi connectivity index (χ0v) is 15.3. The van der Waals surface area contributed by atoms with Gasteiger partial charge in [-0.15, -0.1) is 0 Å². The molecule has 130 valence electrons. The molecule has 0 radical (unpaired) electrons. The lowest BCUT2D eigenvalue weighted by Gasteiger charge is -2.27. The molecular weight excluding hydrogens is 308 g/mol. The first-order valence-corrected chi connectivity index (χ1v) is 9.03. The fraction of sp³-hybridized carbons (Fsp3) is 0.381. The third kappa shape index (κ3) is 3.14. The number of aryl methyl sites for hydroxylation is 1. The summed E-state index contributed by atoms with van der Waals surface area (Å²) in [5, 5.41) is 4.98. The normalized spacial score (nSPS) is 20.1. The molecule has 4 heteroatoms. The van der Waals surface area contributed by atoms with Crippen molar-refractivity contribution < 1.29 is 0 Å². The summed E-state index contributed by atoms with van der Waals surface area (Å²) in [4.78, 5) is 4.71. The van der Waals surface area contributed by atoms with Gasteiger partial charge in [0.25, 0.3) is 0 Å². The van der Waals surface area contributed by atoms with Gasteiger partial charge in [0.15, 0.2) is 0 Å². The number of hydrogen-bond donors (Lipinski definition) is 0. The first-order chi connectivity index (χ1) is 12.1. The summed E-state index contributed by atoms with van der Waals surface area (Å²) < 4.78 is 2.18. The Morgan fingerprint density at radius 2 is 1.92 bits per heavy atom. The molecule has 0 fully saturated rings. The zero-order valence-electron chi connectivity index (χ0n) is 15.3. The van der Waals surface area contributed by atoms with E-state index in [1.807, 2.05) is 0 Å². The minimum absolute atomic E-state index is 0.182. The second-order valence-corrected chi connectivity index (χ2v) is 7.21. The summed E-state index contributed by atoms with van der Waals surface area (Å²) in [6, 6.07) is 8.87. The van der Waals surface area contributed by atoms with Crippen molar-refractivity contribution in [2.75, 3.05) is 13.6 Å². The Morgan fingerprint density at radius 1 is 1.12 bits per heavy atom. The second kappa shape index (κ2) is 6.52. The largest absolute Gasteiger partial charge is 0.356 e. The molecule has 2 aliphatic rings. The van der Waals surface area contributed by atoms with E-state index >= 15 is 0 Å². The minimum Gasteiger partial charge on any atom is -0.356 e. The maximum Gasteiger partial charge on any atom is 0.141 e. The van der Waals surface area contributed by atoms with E-state index in [2.05, 4.69) is 84.1 Å². The smallest absolute Gasteiger partial charge is 0.141 e. The summed E-state index contributed by atoms with van der Waals surface area (Å²) in [6.07, 6.45) is 9.75. The molecule has 0 N–H and O–H groups in total. The van der Waals surface area contributed by atoms with Crippen molar-refractivity contribution in [2.24, 2.45) is 0 Å². The number of aromatic nitrogens is 2. The van der Waals surface area contributed by atoms with Crippen molar-refractivity contribution >= 4 is 0 Å². The van der Waals surface area contributed by atoms with E-state index in [1.54, 1.807) is 0 Å². The molecule has 0 aliphatic carbocycles. The average Bonchev–Trinajstić information content (AvgIpc) is 2.93. The quantitative estimate of drug-likeness (QED) is 0.857. The Labute approximate surface area is 150 Å². The fourth-order valence-corrected chi connectivity index (χ4v) is 3.80. The maximum atomic E-state index is 4.98. The van der Waals surface area contributed by atoms with Gasteiger partial charge in [-0.3, -0.25) is 4.90 Å². The van der Waals surface area contributed by atoms with E-state index in [4.69, 9.17) is 5.10 Å². The number of hydrogen-bond acceptors (Lipinski definition) is 3. The highest BCUT2D eigenvalue weighted by molar-refractivity contribution is 5.30. The van der Waals surface area contributed by atoms with Crippen LogP contribution >= 0.6 is 0 Å². The van der Waals surface area contributed by atoms with Gasteiger partial charge in [-0.25, -0.2) is 4.68 Å². The Morgan fingerprint density at radius 3 is 2.68 bits per heavy atom. The second-order valence-electron chi connectivity index (χ2n) is 7.21. The van der Waals surface area contributed by atoms with Crippen LogP contribution in [0.4, 0.5) is 0 Å². The lowest BCUT2D eigenvalue weighted by atomic mass is 10.0. The van der Waals surface area contributed by atoms with Gasteiger partial charge in [0, 0.05) is 38.6 Å². The molecule has 1 aromatic carbocycles. The van der Waals surface area contributed by atoms with Crippen molar-refractivity contribution in [3.05, 3.63) is 76.8 Å². The molecule has 25 heavy (non-hydrogen) atoms. The molecule has 1 atom stereocenters. The third-order valence-electron chi connectivity index (χ3n) is 5.32. The van der Waals surface area contributed by atoms with E-state index in [0.29, 0.717) is 0 Å². The minimum atomic E-state index is 0.182. The van der Waals surface area contributed by atoms with Crippen LogP contribution in [0.25, 0.3) is 0 Å². The lowest BCUT2D eigenvalue weighted by Crippen LogP contribution is -2.30. The van der Waals surface area contributed by atoms with Crippen molar-refractivity contribution in [1.29, 1.82) is 0 Å². The zero-order chi connectivity index (χ0) is 17.4. The van der Waals surface area contributed by atoms with Gasteiger partial charge in [0.1, 0.15) is 6.17 Å². The standard InChI is InChI=1S/C21H26N4/c1-16-7-9-18(10-8-16)14-24-13-11-19-17(2)25(22-20(19)15-24)21-6-4-5-12-23(21)3/h4-10,12,21H,11,13-15H2,1-3H3. The van der Waals surface area contributed by atoms with Gasteiger partial charge in [0.2, 0.25) is 0 Å². The van der Waals surface area contributed by atoms with Crippen LogP contribution in [0, 0.1) is 13.8 Å². The van der Waals surface area contributed by atoms with Crippen molar-refractivity contribution in [1.82, 2.24) is 19.6 Å². The topological polar surface area (TPSA) is 24.3 Å². The van der Waals surface area contributed by atoms with Gasteiger partial charge in [0.05, 0.1) is 5.69 Å². The highest BCUT2D eigenvalue weighted by atomic mass is 15.4. The number of fused-ring (bicyclic) bond motifs is 1. The molecule has 3 heterocycles. The molecule has 0 bridgehead atoms. The van der Waals surface area contributed by atoms with Crippen molar-refractivity contribution in [2.45, 2.75) is 39.5 Å². The number of allylic oxidation sites excluding steroid dienone is 2. The highest BCUT2D eigenvalue weighted by Gasteiger charge is 2.26. The molecule has 4 rings (SSSR count). The van der Waals surface area contributed by atoms with E-state index in [9.17, 15) is 0 Å². The van der Waals surface area contributed by atoms with Gasteiger partial charge in [-0.1, -0.05) is 35.9 Å². The average molecular weight is 334 g/mol. The predicted octanol–water partition coefficient (Wildman–Crippen LogP) is 3.57. The van der Waals surface area contributed by atoms with Crippen LogP contribution in [0.5, 0.6) is 0 Å². The van der Waals surface area contributed by atoms with Crippen LogP contribution in [0.3, 0.4) is 0 Å². The molecule has 0 saturated heterocycles. The summed E-state index contributed by atoms with van der Waals surface area (Å²) in [5.74, 6) is 0. The summed E-state index contributed by atoms with van der Waals surface area (Å²) >= 11 is 0. The van der Waals surface area contributed by atoms with Crippen LogP contribution in [0.15, 0.2) is 48.7 Å². The lowest BCUT2D eigenvalue weighted by molar-refractivity contribution is 0.239. The van der Waals surface area contributed by atoms with Crippen LogP contribution in [-0.2, 0) is 19.5 Å². The number of rotatable bonds is 3. The van der Waals surface area contributed by atoms with Crippen molar-refractivity contribution in [3.8, 4) is 0 Å². The molecule has 2 aromatic rings. The van der Waals surface area contributed by atoms with Gasteiger partial charge >= 0.3 is 0 Å². The first kappa shape index (κ1) is 16.2. The predicted molar refractivity (Wildman–Crippen MR) is 101 cm³/mol. The third-order valence-corrected chi connectivity index (χ3v) is 5.32. The Kier molecular flexibility index (Phi) is 4.22. The molecule has 1 unspecified atom stereocenters. The van der Waals surface area contributed by atoms with Gasteiger partial charge in [-0.2, -0.15) is 5.10 Å². The fourth-order valence-electron chi connectivity index (χ4n) is 3.80. The first-order valence-electron chi connectivity index (χ1n) is 9.03. The highest BCUT2D eigenvalue weighted by Crippen LogP contribution is 2.27. The summed E-state index contributed by atoms with van der Waals surface area (Å²) in [6.45, 7) is 7.38. The van der Waals surface area contributed by atoms with Crippen molar-refractivity contribution in [3.63, 3.8) is 0 Å². The van der Waals surface area contributed by atoms with Crippen LogP contribution in [-0.4, -0.2) is 33.2 Å². The Bertz CT molecular complexity index is 813. The van der Waals surface area contributed by atoms with Crippen LogP contribution < -0.4 is 0 Å². The summed E-state index contributed by atoms with van der Waals surface area (Å²) in [5.41, 5.74) is 6.69. The van der Waals surface area contributed by atoms with E-state index in [1.165, 1.54) is 28.1 Å².